The van der Waals surface area contributed by atoms with Gasteiger partial charge in [-0.25, -0.2) is 4.98 Å². The zero-order valence-corrected chi connectivity index (χ0v) is 16.4. The second-order valence-electron chi connectivity index (χ2n) is 7.32. The number of phenols is 1. The van der Waals surface area contributed by atoms with Crippen molar-refractivity contribution in [1.82, 2.24) is 14.4 Å². The van der Waals surface area contributed by atoms with Crippen LogP contribution in [0.25, 0.3) is 38.6 Å². The number of ether oxygens (including phenoxy) is 1. The van der Waals surface area contributed by atoms with E-state index in [9.17, 15) is 5.11 Å². The standard InChI is InChI=1S/C26H17N3O2/c30-22-14-6-11-19-18-10-4-5-13-21(18)29-16-24(28-26(29)25(19)22)31-23-15-7-12-20(27-23)17-8-2-1-3-9-17/h1-16,30H. The molecule has 1 N–H and O–H groups in total. The van der Waals surface area contributed by atoms with E-state index in [0.717, 1.165) is 27.5 Å². The van der Waals surface area contributed by atoms with Gasteiger partial charge >= 0.3 is 0 Å². The highest BCUT2D eigenvalue weighted by Crippen LogP contribution is 2.36. The van der Waals surface area contributed by atoms with Gasteiger partial charge in [-0.1, -0.05) is 66.7 Å². The summed E-state index contributed by atoms with van der Waals surface area (Å²) in [5, 5.41) is 13.3. The maximum atomic E-state index is 10.6. The Morgan fingerprint density at radius 2 is 1.45 bits per heavy atom. The molecule has 31 heavy (non-hydrogen) atoms. The van der Waals surface area contributed by atoms with Crippen molar-refractivity contribution in [3.05, 3.63) is 97.2 Å². The van der Waals surface area contributed by atoms with E-state index < -0.39 is 0 Å². The van der Waals surface area contributed by atoms with Crippen molar-refractivity contribution in [1.29, 1.82) is 0 Å². The molecule has 0 aliphatic heterocycles. The quantitative estimate of drug-likeness (QED) is 0.357. The van der Waals surface area contributed by atoms with Crippen LogP contribution < -0.4 is 4.74 Å². The van der Waals surface area contributed by atoms with Crippen molar-refractivity contribution in [3.63, 3.8) is 0 Å². The van der Waals surface area contributed by atoms with Gasteiger partial charge in [0.15, 0.2) is 5.65 Å². The third-order valence-corrected chi connectivity index (χ3v) is 5.41. The minimum atomic E-state index is 0.189. The first-order valence-corrected chi connectivity index (χ1v) is 10.00. The van der Waals surface area contributed by atoms with Crippen LogP contribution in [-0.2, 0) is 0 Å². The summed E-state index contributed by atoms with van der Waals surface area (Å²) in [6.07, 6.45) is 1.83. The van der Waals surface area contributed by atoms with Crippen LogP contribution in [-0.4, -0.2) is 19.5 Å². The molecule has 6 aromatic rings. The first-order valence-electron chi connectivity index (χ1n) is 10.00. The van der Waals surface area contributed by atoms with Gasteiger partial charge in [0, 0.05) is 17.0 Å². The zero-order valence-electron chi connectivity index (χ0n) is 16.4. The summed E-state index contributed by atoms with van der Waals surface area (Å²) < 4.78 is 7.99. The van der Waals surface area contributed by atoms with Crippen molar-refractivity contribution in [2.45, 2.75) is 0 Å². The predicted molar refractivity (Wildman–Crippen MR) is 122 cm³/mol. The SMILES string of the molecule is Oc1cccc2c3ccccc3n3cc(Oc4cccc(-c5ccccc5)n4)nc3c12. The molecule has 0 radical (unpaired) electrons. The molecule has 0 fully saturated rings. The van der Waals surface area contributed by atoms with Gasteiger partial charge in [0.2, 0.25) is 11.8 Å². The first kappa shape index (κ1) is 17.5. The fourth-order valence-corrected chi connectivity index (χ4v) is 4.03. The van der Waals surface area contributed by atoms with Crippen LogP contribution in [0.5, 0.6) is 17.5 Å². The normalized spacial score (nSPS) is 11.4. The van der Waals surface area contributed by atoms with Crippen molar-refractivity contribution in [3.8, 4) is 28.8 Å². The number of imidazole rings is 1. The number of benzene rings is 3. The molecule has 148 valence electrons. The monoisotopic (exact) mass is 403 g/mol. The number of para-hydroxylation sites is 1. The van der Waals surface area contributed by atoms with Gasteiger partial charge in [-0.05, 0) is 23.6 Å². The smallest absolute Gasteiger partial charge is 0.240 e. The van der Waals surface area contributed by atoms with Crippen molar-refractivity contribution in [2.24, 2.45) is 0 Å². The minimum Gasteiger partial charge on any atom is -0.507 e. The molecule has 0 aliphatic carbocycles. The van der Waals surface area contributed by atoms with E-state index in [2.05, 4.69) is 4.98 Å². The van der Waals surface area contributed by atoms with Crippen LogP contribution in [0.15, 0.2) is 97.2 Å². The van der Waals surface area contributed by atoms with Gasteiger partial charge in [0.25, 0.3) is 0 Å². The fourth-order valence-electron chi connectivity index (χ4n) is 4.03. The summed E-state index contributed by atoms with van der Waals surface area (Å²) in [4.78, 5) is 9.32. The fraction of sp³-hybridized carbons (Fsp3) is 0. The Hall–Kier alpha value is -4.38. The maximum absolute atomic E-state index is 10.6. The predicted octanol–water partition coefficient (Wildman–Crippen LogP) is 6.20. The van der Waals surface area contributed by atoms with Crippen molar-refractivity contribution in [2.75, 3.05) is 0 Å². The number of pyridine rings is 2. The Bertz CT molecular complexity index is 1570. The molecular formula is C26H17N3O2. The zero-order chi connectivity index (χ0) is 20.8. The number of nitrogens with zero attached hydrogens (tertiary/aromatic N) is 3. The Kier molecular flexibility index (Phi) is 3.86. The lowest BCUT2D eigenvalue weighted by Gasteiger charge is -2.08. The molecule has 3 aromatic heterocycles. The van der Waals surface area contributed by atoms with E-state index >= 15 is 0 Å². The molecule has 0 amide bonds. The summed E-state index contributed by atoms with van der Waals surface area (Å²) >= 11 is 0. The second-order valence-corrected chi connectivity index (χ2v) is 7.32. The minimum absolute atomic E-state index is 0.189. The van der Waals surface area contributed by atoms with E-state index in [0.29, 0.717) is 22.8 Å². The summed E-state index contributed by atoms with van der Waals surface area (Å²) in [6, 6.07) is 29.2. The average molecular weight is 403 g/mol. The van der Waals surface area contributed by atoms with Crippen LogP contribution in [0.1, 0.15) is 0 Å². The number of aromatic hydroxyl groups is 1. The molecule has 6 rings (SSSR count). The molecule has 0 aliphatic rings. The summed E-state index contributed by atoms with van der Waals surface area (Å²) in [7, 11) is 0. The second kappa shape index (κ2) is 6.85. The summed E-state index contributed by atoms with van der Waals surface area (Å²) in [6.45, 7) is 0. The third-order valence-electron chi connectivity index (χ3n) is 5.41. The number of fused-ring (bicyclic) bond motifs is 6. The molecule has 0 spiro atoms. The maximum Gasteiger partial charge on any atom is 0.240 e. The Morgan fingerprint density at radius 3 is 2.35 bits per heavy atom. The lowest BCUT2D eigenvalue weighted by atomic mass is 10.1. The number of phenolic OH excluding ortho intramolecular Hbond substituents is 1. The Morgan fingerprint density at radius 1 is 0.677 bits per heavy atom. The van der Waals surface area contributed by atoms with Gasteiger partial charge in [-0.15, -0.1) is 0 Å². The van der Waals surface area contributed by atoms with Crippen molar-refractivity contribution < 1.29 is 9.84 Å². The van der Waals surface area contributed by atoms with E-state index in [4.69, 9.17) is 9.72 Å². The van der Waals surface area contributed by atoms with E-state index in [-0.39, 0.29) is 5.75 Å². The van der Waals surface area contributed by atoms with Crippen LogP contribution in [0.3, 0.4) is 0 Å². The number of hydrogen-bond donors (Lipinski definition) is 1. The van der Waals surface area contributed by atoms with Crippen LogP contribution in [0.4, 0.5) is 0 Å². The Balaban J connectivity index is 1.51. The number of rotatable bonds is 3. The molecule has 0 saturated heterocycles. The molecule has 3 heterocycles. The lowest BCUT2D eigenvalue weighted by molar-refractivity contribution is 0.448. The molecule has 0 bridgehead atoms. The van der Waals surface area contributed by atoms with Gasteiger partial charge in [0.05, 0.1) is 22.8 Å². The van der Waals surface area contributed by atoms with E-state index in [1.807, 2.05) is 95.5 Å². The molecular weight excluding hydrogens is 386 g/mol. The van der Waals surface area contributed by atoms with Crippen LogP contribution in [0, 0.1) is 0 Å². The number of hydrogen-bond acceptors (Lipinski definition) is 4. The van der Waals surface area contributed by atoms with Crippen LogP contribution >= 0.6 is 0 Å². The lowest BCUT2D eigenvalue weighted by Crippen LogP contribution is -1.90. The van der Waals surface area contributed by atoms with Crippen molar-refractivity contribution >= 4 is 27.3 Å². The average Bonchev–Trinajstić information content (AvgIpc) is 3.23. The molecule has 3 aromatic carbocycles. The Labute approximate surface area is 177 Å². The van der Waals surface area contributed by atoms with Crippen LogP contribution in [0.2, 0.25) is 0 Å². The largest absolute Gasteiger partial charge is 0.507 e. The first-order chi connectivity index (χ1) is 15.3. The summed E-state index contributed by atoms with van der Waals surface area (Å²) in [5.74, 6) is 1.07. The van der Waals surface area contributed by atoms with Gasteiger partial charge in [0.1, 0.15) is 5.75 Å². The highest BCUT2D eigenvalue weighted by atomic mass is 16.5. The topological polar surface area (TPSA) is 59.7 Å². The van der Waals surface area contributed by atoms with E-state index in [1.54, 1.807) is 6.07 Å². The van der Waals surface area contributed by atoms with Gasteiger partial charge in [-0.3, -0.25) is 4.40 Å². The third kappa shape index (κ3) is 2.87. The van der Waals surface area contributed by atoms with Gasteiger partial charge < -0.3 is 9.84 Å². The molecule has 0 atom stereocenters. The van der Waals surface area contributed by atoms with Gasteiger partial charge in [-0.2, -0.15) is 4.98 Å². The highest BCUT2D eigenvalue weighted by Gasteiger charge is 2.15. The summed E-state index contributed by atoms with van der Waals surface area (Å²) in [5.41, 5.74) is 3.48. The number of aromatic nitrogens is 3. The molecule has 5 nitrogen and oxygen atoms in total. The molecule has 0 unspecified atom stereocenters. The van der Waals surface area contributed by atoms with E-state index in [1.165, 1.54) is 0 Å². The molecule has 5 heteroatoms. The molecule has 0 saturated carbocycles. The highest BCUT2D eigenvalue weighted by molar-refractivity contribution is 6.13.